The lowest BCUT2D eigenvalue weighted by molar-refractivity contribution is -0.152. The van der Waals surface area contributed by atoms with Crippen LogP contribution in [0.2, 0.25) is 5.02 Å². The van der Waals surface area contributed by atoms with Crippen LogP contribution in [0.15, 0.2) is 30.4 Å². The van der Waals surface area contributed by atoms with Crippen molar-refractivity contribution >= 4 is 29.2 Å². The minimum Gasteiger partial charge on any atom is -0.481 e. The molecular formula is C18H18ClNO3. The Bertz CT molecular complexity index is 729. The molecule has 0 aromatic heterocycles. The number of nitrogens with one attached hydrogen (secondary N) is 1. The number of rotatable bonds is 3. The maximum absolute atomic E-state index is 12.8. The lowest BCUT2D eigenvalue weighted by Gasteiger charge is -2.41. The van der Waals surface area contributed by atoms with Crippen LogP contribution in [0.4, 0.5) is 5.69 Å². The maximum Gasteiger partial charge on any atom is 0.307 e. The van der Waals surface area contributed by atoms with Gasteiger partial charge in [0.25, 0.3) is 0 Å². The maximum atomic E-state index is 12.8. The van der Waals surface area contributed by atoms with Gasteiger partial charge in [0.1, 0.15) is 0 Å². The molecule has 0 spiro atoms. The van der Waals surface area contributed by atoms with E-state index in [0.717, 1.165) is 12.0 Å². The molecule has 5 rings (SSSR count). The number of carbonyl (C=O) groups excluding carboxylic acids is 1. The second-order valence-electron chi connectivity index (χ2n) is 6.89. The zero-order chi connectivity index (χ0) is 16.3. The summed E-state index contributed by atoms with van der Waals surface area (Å²) < 4.78 is 0. The summed E-state index contributed by atoms with van der Waals surface area (Å²) in [6, 6.07) is 5.35. The van der Waals surface area contributed by atoms with E-state index in [2.05, 4.69) is 11.4 Å². The van der Waals surface area contributed by atoms with Gasteiger partial charge in [-0.25, -0.2) is 0 Å². The number of allylic oxidation sites excluding steroid dienone is 2. The fraction of sp³-hybridized carbons (Fsp3) is 0.444. The standard InChI is InChI=1S/C18H18ClNO3/c1-8-13(19)3-2-4-14(8)20-17(21)15-9-5-6-10(12-7-11(9)12)16(15)18(22)23/h2-6,9-12,15-16H,7H2,1H3,(H,20,21)(H,22,23)/t9-,10-,11-,12-,15+,16+/m0/s1. The number of aliphatic carboxylic acids is 1. The van der Waals surface area contributed by atoms with E-state index in [1.165, 1.54) is 0 Å². The van der Waals surface area contributed by atoms with Gasteiger partial charge in [-0.3, -0.25) is 9.59 Å². The third-order valence-electron chi connectivity index (χ3n) is 5.77. The number of hydrogen-bond acceptors (Lipinski definition) is 2. The van der Waals surface area contributed by atoms with Crippen molar-refractivity contribution in [2.45, 2.75) is 13.3 Å². The molecule has 1 amide bonds. The molecule has 2 N–H and O–H groups in total. The van der Waals surface area contributed by atoms with E-state index < -0.39 is 17.8 Å². The van der Waals surface area contributed by atoms with Crippen molar-refractivity contribution in [3.05, 3.63) is 40.9 Å². The quantitative estimate of drug-likeness (QED) is 0.835. The minimum absolute atomic E-state index is 0.00120. The summed E-state index contributed by atoms with van der Waals surface area (Å²) in [6.07, 6.45) is 5.13. The topological polar surface area (TPSA) is 66.4 Å². The first-order chi connectivity index (χ1) is 11.0. The smallest absolute Gasteiger partial charge is 0.307 e. The highest BCUT2D eigenvalue weighted by molar-refractivity contribution is 6.31. The van der Waals surface area contributed by atoms with Gasteiger partial charge in [0.15, 0.2) is 0 Å². The van der Waals surface area contributed by atoms with Crippen LogP contribution in [0.1, 0.15) is 12.0 Å². The van der Waals surface area contributed by atoms with Gasteiger partial charge in [-0.05, 0) is 54.7 Å². The molecule has 4 nitrogen and oxygen atoms in total. The number of benzene rings is 1. The summed E-state index contributed by atoms with van der Waals surface area (Å²) in [5.41, 5.74) is 1.46. The van der Waals surface area contributed by atoms with E-state index in [4.69, 9.17) is 11.6 Å². The number of anilines is 1. The van der Waals surface area contributed by atoms with E-state index >= 15 is 0 Å². The van der Waals surface area contributed by atoms with Crippen LogP contribution >= 0.6 is 11.6 Å². The Kier molecular flexibility index (Phi) is 3.27. The summed E-state index contributed by atoms with van der Waals surface area (Å²) in [4.78, 5) is 24.6. The van der Waals surface area contributed by atoms with Gasteiger partial charge in [-0.2, -0.15) is 0 Å². The molecule has 0 unspecified atom stereocenters. The molecule has 1 aromatic rings. The van der Waals surface area contributed by atoms with E-state index in [0.29, 0.717) is 22.5 Å². The molecule has 4 aliphatic rings. The molecule has 23 heavy (non-hydrogen) atoms. The van der Waals surface area contributed by atoms with Crippen LogP contribution in [0, 0.1) is 42.4 Å². The number of carbonyl (C=O) groups is 2. The average molecular weight is 332 g/mol. The molecule has 1 aromatic carbocycles. The van der Waals surface area contributed by atoms with Gasteiger partial charge in [-0.15, -0.1) is 0 Å². The molecule has 4 aliphatic carbocycles. The Balaban J connectivity index is 1.63. The number of halogens is 1. The van der Waals surface area contributed by atoms with Crippen molar-refractivity contribution < 1.29 is 14.7 Å². The molecule has 5 heteroatoms. The lowest BCUT2D eigenvalue weighted by atomic mass is 9.62. The molecule has 0 heterocycles. The first kappa shape index (κ1) is 14.8. The van der Waals surface area contributed by atoms with E-state index in [9.17, 15) is 14.7 Å². The molecule has 120 valence electrons. The SMILES string of the molecule is Cc1c(Cl)cccc1NC(=O)[C@@H]1[C@H]2C=C[C@@H]([C@@H]3C[C@@H]23)[C@H]1C(=O)O. The van der Waals surface area contributed by atoms with Crippen molar-refractivity contribution in [1.29, 1.82) is 0 Å². The number of carboxylic acids is 1. The summed E-state index contributed by atoms with van der Waals surface area (Å²) in [7, 11) is 0. The van der Waals surface area contributed by atoms with E-state index in [1.807, 2.05) is 13.0 Å². The first-order valence-electron chi connectivity index (χ1n) is 7.96. The molecule has 6 atom stereocenters. The largest absolute Gasteiger partial charge is 0.481 e. The summed E-state index contributed by atoms with van der Waals surface area (Å²) in [5.74, 6) is -1.19. The van der Waals surface area contributed by atoms with Gasteiger partial charge in [-0.1, -0.05) is 29.8 Å². The van der Waals surface area contributed by atoms with Crippen LogP contribution < -0.4 is 5.32 Å². The Morgan fingerprint density at radius 1 is 1.17 bits per heavy atom. The van der Waals surface area contributed by atoms with Gasteiger partial charge in [0.05, 0.1) is 11.8 Å². The highest BCUT2D eigenvalue weighted by atomic mass is 35.5. The summed E-state index contributed by atoms with van der Waals surface area (Å²) >= 11 is 6.10. The third-order valence-corrected chi connectivity index (χ3v) is 6.17. The van der Waals surface area contributed by atoms with Gasteiger partial charge in [0, 0.05) is 10.7 Å². The number of hydrogen-bond donors (Lipinski definition) is 2. The van der Waals surface area contributed by atoms with Crippen LogP contribution in [0.25, 0.3) is 0 Å². The zero-order valence-corrected chi connectivity index (χ0v) is 13.5. The zero-order valence-electron chi connectivity index (χ0n) is 12.7. The first-order valence-corrected chi connectivity index (χ1v) is 8.34. The van der Waals surface area contributed by atoms with Crippen molar-refractivity contribution in [3.63, 3.8) is 0 Å². The van der Waals surface area contributed by atoms with Crippen LogP contribution in [0.3, 0.4) is 0 Å². The number of fused-ring (bicyclic) bond motifs is 1. The highest BCUT2D eigenvalue weighted by Gasteiger charge is 2.62. The van der Waals surface area contributed by atoms with Crippen molar-refractivity contribution in [1.82, 2.24) is 0 Å². The van der Waals surface area contributed by atoms with Crippen molar-refractivity contribution in [2.24, 2.45) is 35.5 Å². The minimum atomic E-state index is -0.863. The molecular weight excluding hydrogens is 314 g/mol. The molecule has 2 bridgehead atoms. The van der Waals surface area contributed by atoms with Gasteiger partial charge >= 0.3 is 5.97 Å². The van der Waals surface area contributed by atoms with Crippen molar-refractivity contribution in [3.8, 4) is 0 Å². The van der Waals surface area contributed by atoms with Crippen LogP contribution in [-0.2, 0) is 9.59 Å². The molecule has 0 radical (unpaired) electrons. The molecule has 0 saturated heterocycles. The fourth-order valence-electron chi connectivity index (χ4n) is 4.53. The predicted molar refractivity (Wildman–Crippen MR) is 87.2 cm³/mol. The van der Waals surface area contributed by atoms with Crippen LogP contribution in [0.5, 0.6) is 0 Å². The molecule has 2 fully saturated rings. The van der Waals surface area contributed by atoms with Crippen LogP contribution in [-0.4, -0.2) is 17.0 Å². The lowest BCUT2D eigenvalue weighted by Crippen LogP contribution is -2.48. The van der Waals surface area contributed by atoms with E-state index in [1.54, 1.807) is 18.2 Å². The van der Waals surface area contributed by atoms with Gasteiger partial charge in [0.2, 0.25) is 5.91 Å². The summed E-state index contributed by atoms with van der Waals surface area (Å²) in [5, 5.41) is 13.1. The second-order valence-corrected chi connectivity index (χ2v) is 7.30. The Hall–Kier alpha value is -1.81. The highest BCUT2D eigenvalue weighted by Crippen LogP contribution is 2.63. The monoisotopic (exact) mass is 331 g/mol. The average Bonchev–Trinajstić information content (AvgIpc) is 3.33. The Morgan fingerprint density at radius 2 is 1.83 bits per heavy atom. The number of amides is 1. The van der Waals surface area contributed by atoms with E-state index in [-0.39, 0.29) is 17.7 Å². The predicted octanol–water partition coefficient (Wildman–Crippen LogP) is 3.36. The molecule has 2 saturated carbocycles. The molecule has 0 aliphatic heterocycles. The second kappa shape index (κ2) is 5.10. The normalized spacial score (nSPS) is 36.4. The van der Waals surface area contributed by atoms with Gasteiger partial charge < -0.3 is 10.4 Å². The van der Waals surface area contributed by atoms with Crippen molar-refractivity contribution in [2.75, 3.05) is 5.32 Å². The number of carboxylic acid groups (broad SMARTS) is 1. The third kappa shape index (κ3) is 2.19. The fourth-order valence-corrected chi connectivity index (χ4v) is 4.70. The Morgan fingerprint density at radius 3 is 2.48 bits per heavy atom. The summed E-state index contributed by atoms with van der Waals surface area (Å²) in [6.45, 7) is 1.84. The Labute approximate surface area is 139 Å².